The second-order valence-electron chi connectivity index (χ2n) is 5.53. The van der Waals surface area contributed by atoms with Crippen LogP contribution in [0.25, 0.3) is 0 Å². The highest BCUT2D eigenvalue weighted by Gasteiger charge is 2.47. The monoisotopic (exact) mass is 325 g/mol. The standard InChI is InChI=1S/C16H14F3NO3/c1-9-8-20-14(22-9)13(16(17,18)19)23-15(21)12-6-4-11(5-7-12)10-2-3-10/h4-8,10,13H,2-3H2,1H3. The number of carbonyl (C=O) groups excluding carboxylic acids is 1. The third-order valence-electron chi connectivity index (χ3n) is 3.58. The van der Waals surface area contributed by atoms with Gasteiger partial charge in [0, 0.05) is 0 Å². The first kappa shape index (κ1) is 15.6. The molecule has 1 aliphatic rings. The SMILES string of the molecule is Cc1cnc(C(OC(=O)c2ccc(C3CC3)cc2)C(F)(F)F)o1. The first-order chi connectivity index (χ1) is 10.8. The molecule has 1 fully saturated rings. The van der Waals surface area contributed by atoms with Crippen LogP contribution >= 0.6 is 0 Å². The summed E-state index contributed by atoms with van der Waals surface area (Å²) in [4.78, 5) is 15.5. The average Bonchev–Trinajstić information content (AvgIpc) is 3.26. The van der Waals surface area contributed by atoms with Crippen molar-refractivity contribution in [1.82, 2.24) is 4.98 Å². The molecule has 0 spiro atoms. The molecule has 3 rings (SSSR count). The summed E-state index contributed by atoms with van der Waals surface area (Å²) >= 11 is 0. The normalized spacial score (nSPS) is 16.2. The van der Waals surface area contributed by atoms with Crippen LogP contribution in [0.4, 0.5) is 13.2 Å². The number of aryl methyl sites for hydroxylation is 1. The van der Waals surface area contributed by atoms with Gasteiger partial charge in [-0.25, -0.2) is 9.78 Å². The summed E-state index contributed by atoms with van der Waals surface area (Å²) in [7, 11) is 0. The van der Waals surface area contributed by atoms with Crippen LogP contribution in [0.2, 0.25) is 0 Å². The molecule has 1 saturated carbocycles. The third-order valence-corrected chi connectivity index (χ3v) is 3.58. The largest absolute Gasteiger partial charge is 0.442 e. The van der Waals surface area contributed by atoms with Crippen molar-refractivity contribution in [2.75, 3.05) is 0 Å². The zero-order valence-corrected chi connectivity index (χ0v) is 12.3. The van der Waals surface area contributed by atoms with E-state index in [0.29, 0.717) is 5.92 Å². The zero-order chi connectivity index (χ0) is 16.6. The molecular formula is C16H14F3NO3. The Morgan fingerprint density at radius 3 is 2.43 bits per heavy atom. The molecule has 122 valence electrons. The highest BCUT2D eigenvalue weighted by molar-refractivity contribution is 5.89. The lowest BCUT2D eigenvalue weighted by molar-refractivity contribution is -0.213. The van der Waals surface area contributed by atoms with Gasteiger partial charge in [-0.15, -0.1) is 0 Å². The molecule has 23 heavy (non-hydrogen) atoms. The molecule has 0 aliphatic heterocycles. The predicted octanol–water partition coefficient (Wildman–Crippen LogP) is 4.32. The van der Waals surface area contributed by atoms with E-state index in [-0.39, 0.29) is 11.3 Å². The van der Waals surface area contributed by atoms with Crippen molar-refractivity contribution in [2.45, 2.75) is 38.0 Å². The minimum absolute atomic E-state index is 0.0620. The maximum atomic E-state index is 13.1. The Bertz CT molecular complexity index is 702. The number of nitrogens with zero attached hydrogens (tertiary/aromatic N) is 1. The third kappa shape index (κ3) is 3.55. The van der Waals surface area contributed by atoms with Crippen LogP contribution in [0, 0.1) is 6.92 Å². The fraction of sp³-hybridized carbons (Fsp3) is 0.375. The molecule has 4 nitrogen and oxygen atoms in total. The number of hydrogen-bond donors (Lipinski definition) is 0. The van der Waals surface area contributed by atoms with Crippen LogP contribution in [0.15, 0.2) is 34.9 Å². The van der Waals surface area contributed by atoms with Gasteiger partial charge < -0.3 is 9.15 Å². The van der Waals surface area contributed by atoms with Gasteiger partial charge in [0.1, 0.15) is 5.76 Å². The minimum Gasteiger partial charge on any atom is -0.442 e. The van der Waals surface area contributed by atoms with Gasteiger partial charge in [-0.1, -0.05) is 12.1 Å². The quantitative estimate of drug-likeness (QED) is 0.786. The van der Waals surface area contributed by atoms with Gasteiger partial charge >= 0.3 is 12.1 Å². The summed E-state index contributed by atoms with van der Waals surface area (Å²) in [6.07, 6.45) is -3.98. The fourth-order valence-corrected chi connectivity index (χ4v) is 2.23. The van der Waals surface area contributed by atoms with Crippen molar-refractivity contribution in [2.24, 2.45) is 0 Å². The average molecular weight is 325 g/mol. The zero-order valence-electron chi connectivity index (χ0n) is 12.3. The Hall–Kier alpha value is -2.31. The smallest absolute Gasteiger partial charge is 0.434 e. The molecule has 0 N–H and O–H groups in total. The second-order valence-corrected chi connectivity index (χ2v) is 5.53. The molecule has 0 bridgehead atoms. The van der Waals surface area contributed by atoms with Crippen LogP contribution in [-0.2, 0) is 4.74 Å². The molecule has 1 unspecified atom stereocenters. The number of aromatic nitrogens is 1. The molecule has 1 atom stereocenters. The Labute approximate surface area is 130 Å². The Kier molecular flexibility index (Phi) is 3.87. The molecule has 0 saturated heterocycles. The van der Waals surface area contributed by atoms with E-state index in [2.05, 4.69) is 9.72 Å². The number of hydrogen-bond acceptors (Lipinski definition) is 4. The lowest BCUT2D eigenvalue weighted by atomic mass is 10.1. The molecule has 1 aromatic carbocycles. The van der Waals surface area contributed by atoms with E-state index in [1.807, 2.05) is 0 Å². The molecule has 1 aliphatic carbocycles. The molecule has 7 heteroatoms. The van der Waals surface area contributed by atoms with E-state index in [4.69, 9.17) is 4.42 Å². The topological polar surface area (TPSA) is 52.3 Å². The van der Waals surface area contributed by atoms with Gasteiger partial charge in [-0.3, -0.25) is 0 Å². The Morgan fingerprint density at radius 2 is 1.96 bits per heavy atom. The number of rotatable bonds is 4. The first-order valence-corrected chi connectivity index (χ1v) is 7.14. The van der Waals surface area contributed by atoms with Gasteiger partial charge in [-0.2, -0.15) is 13.2 Å². The highest BCUT2D eigenvalue weighted by atomic mass is 19.4. The van der Waals surface area contributed by atoms with Crippen LogP contribution in [0.3, 0.4) is 0 Å². The summed E-state index contributed by atoms with van der Waals surface area (Å²) in [5.74, 6) is -1.04. The van der Waals surface area contributed by atoms with E-state index in [0.717, 1.165) is 24.6 Å². The molecule has 0 radical (unpaired) electrons. The summed E-state index contributed by atoms with van der Waals surface area (Å²) in [5.41, 5.74) is 1.14. The van der Waals surface area contributed by atoms with Crippen LogP contribution in [-0.4, -0.2) is 17.1 Å². The predicted molar refractivity (Wildman–Crippen MR) is 73.9 cm³/mol. The van der Waals surface area contributed by atoms with E-state index in [1.165, 1.54) is 19.1 Å². The molecule has 1 aromatic heterocycles. The van der Waals surface area contributed by atoms with E-state index >= 15 is 0 Å². The number of carbonyl (C=O) groups is 1. The van der Waals surface area contributed by atoms with E-state index in [9.17, 15) is 18.0 Å². The van der Waals surface area contributed by atoms with Gasteiger partial charge in [0.05, 0.1) is 11.8 Å². The number of benzene rings is 1. The highest BCUT2D eigenvalue weighted by Crippen LogP contribution is 2.40. The van der Waals surface area contributed by atoms with Gasteiger partial charge in [-0.05, 0) is 43.4 Å². The van der Waals surface area contributed by atoms with Crippen molar-refractivity contribution in [3.05, 3.63) is 53.2 Å². The maximum absolute atomic E-state index is 13.1. The minimum atomic E-state index is -4.80. The second kappa shape index (κ2) is 5.72. The van der Waals surface area contributed by atoms with Crippen molar-refractivity contribution in [3.63, 3.8) is 0 Å². The lowest BCUT2D eigenvalue weighted by Crippen LogP contribution is -2.26. The Balaban J connectivity index is 1.77. The number of halogens is 3. The van der Waals surface area contributed by atoms with Gasteiger partial charge in [0.15, 0.2) is 0 Å². The lowest BCUT2D eigenvalue weighted by Gasteiger charge is -2.17. The molecule has 1 heterocycles. The van der Waals surface area contributed by atoms with Crippen LogP contribution in [0.1, 0.15) is 52.4 Å². The number of esters is 1. The first-order valence-electron chi connectivity index (χ1n) is 7.14. The van der Waals surface area contributed by atoms with E-state index < -0.39 is 24.1 Å². The van der Waals surface area contributed by atoms with Crippen LogP contribution in [0.5, 0.6) is 0 Å². The number of oxazole rings is 1. The maximum Gasteiger partial charge on any atom is 0.434 e. The summed E-state index contributed by atoms with van der Waals surface area (Å²) in [6.45, 7) is 1.46. The Morgan fingerprint density at radius 1 is 1.30 bits per heavy atom. The molecule has 0 amide bonds. The summed E-state index contributed by atoms with van der Waals surface area (Å²) < 4.78 is 48.7. The number of alkyl halides is 3. The summed E-state index contributed by atoms with van der Waals surface area (Å²) in [5, 5.41) is 0. The molecular weight excluding hydrogens is 311 g/mol. The van der Waals surface area contributed by atoms with Crippen LogP contribution < -0.4 is 0 Å². The van der Waals surface area contributed by atoms with Gasteiger partial charge in [0.25, 0.3) is 6.10 Å². The van der Waals surface area contributed by atoms with Crippen molar-refractivity contribution >= 4 is 5.97 Å². The molecule has 2 aromatic rings. The van der Waals surface area contributed by atoms with Gasteiger partial charge in [0.2, 0.25) is 5.89 Å². The van der Waals surface area contributed by atoms with Crippen molar-refractivity contribution in [3.8, 4) is 0 Å². The van der Waals surface area contributed by atoms with Crippen molar-refractivity contribution < 1.29 is 27.1 Å². The number of ether oxygens (including phenoxy) is 1. The van der Waals surface area contributed by atoms with Crippen molar-refractivity contribution in [1.29, 1.82) is 0 Å². The fourth-order valence-electron chi connectivity index (χ4n) is 2.23. The van der Waals surface area contributed by atoms with E-state index in [1.54, 1.807) is 12.1 Å². The summed E-state index contributed by atoms with van der Waals surface area (Å²) in [6, 6.07) is 6.44.